The quantitative estimate of drug-likeness (QED) is 0.758. The summed E-state index contributed by atoms with van der Waals surface area (Å²) >= 11 is 0. The summed E-state index contributed by atoms with van der Waals surface area (Å²) in [5.41, 5.74) is 11.0. The van der Waals surface area contributed by atoms with Crippen molar-refractivity contribution in [3.63, 3.8) is 0 Å². The van der Waals surface area contributed by atoms with Crippen molar-refractivity contribution in [1.82, 2.24) is 5.32 Å². The third-order valence-corrected chi connectivity index (χ3v) is 3.96. The molecule has 4 heteroatoms. The Morgan fingerprint density at radius 2 is 1.95 bits per heavy atom. The van der Waals surface area contributed by atoms with Gasteiger partial charge in [0.2, 0.25) is 0 Å². The molecule has 1 atom stereocenters. The Hall–Kier alpha value is -2.49. The number of aryl methyl sites for hydroxylation is 1. The van der Waals surface area contributed by atoms with Crippen molar-refractivity contribution in [3.05, 3.63) is 59.2 Å². The van der Waals surface area contributed by atoms with Crippen LogP contribution in [0.5, 0.6) is 0 Å². The van der Waals surface area contributed by atoms with E-state index in [1.165, 1.54) is 11.1 Å². The SMILES string of the molecule is CNC(=O)c1ccc(NC2CCc3cc(N)ccc32)cc1. The average Bonchev–Trinajstić information content (AvgIpc) is 2.89. The molecule has 4 N–H and O–H groups in total. The van der Waals surface area contributed by atoms with E-state index in [1.54, 1.807) is 7.05 Å². The number of carbonyl (C=O) groups excluding carboxylic acids is 1. The number of nitrogens with two attached hydrogens (primary N) is 1. The lowest BCUT2D eigenvalue weighted by molar-refractivity contribution is 0.0963. The predicted molar refractivity (Wildman–Crippen MR) is 85.4 cm³/mol. The van der Waals surface area contributed by atoms with Gasteiger partial charge in [-0.25, -0.2) is 0 Å². The highest BCUT2D eigenvalue weighted by Gasteiger charge is 2.22. The van der Waals surface area contributed by atoms with Gasteiger partial charge in [0.1, 0.15) is 0 Å². The molecule has 2 aromatic carbocycles. The molecule has 2 aromatic rings. The molecule has 108 valence electrons. The van der Waals surface area contributed by atoms with E-state index in [4.69, 9.17) is 5.73 Å². The first-order chi connectivity index (χ1) is 10.2. The second-order valence-corrected chi connectivity index (χ2v) is 5.35. The lowest BCUT2D eigenvalue weighted by Crippen LogP contribution is -2.17. The number of hydrogen-bond donors (Lipinski definition) is 3. The summed E-state index contributed by atoms with van der Waals surface area (Å²) in [6.45, 7) is 0. The molecule has 1 aliphatic rings. The molecule has 0 aromatic heterocycles. The lowest BCUT2D eigenvalue weighted by atomic mass is 10.1. The zero-order valence-corrected chi connectivity index (χ0v) is 12.0. The van der Waals surface area contributed by atoms with Gasteiger partial charge >= 0.3 is 0 Å². The molecule has 0 aliphatic heterocycles. The van der Waals surface area contributed by atoms with Gasteiger partial charge in [-0.3, -0.25) is 4.79 Å². The maximum atomic E-state index is 11.5. The fourth-order valence-electron chi connectivity index (χ4n) is 2.85. The zero-order chi connectivity index (χ0) is 14.8. The first-order valence-electron chi connectivity index (χ1n) is 7.14. The molecule has 1 aliphatic carbocycles. The minimum Gasteiger partial charge on any atom is -0.399 e. The van der Waals surface area contributed by atoms with Crippen LogP contribution in [0.1, 0.15) is 33.9 Å². The van der Waals surface area contributed by atoms with E-state index in [2.05, 4.69) is 22.8 Å². The van der Waals surface area contributed by atoms with E-state index in [-0.39, 0.29) is 5.91 Å². The number of anilines is 2. The molecule has 4 nitrogen and oxygen atoms in total. The maximum Gasteiger partial charge on any atom is 0.251 e. The van der Waals surface area contributed by atoms with Crippen LogP contribution >= 0.6 is 0 Å². The summed E-state index contributed by atoms with van der Waals surface area (Å²) in [6, 6.07) is 14.0. The number of amides is 1. The van der Waals surface area contributed by atoms with Crippen molar-refractivity contribution < 1.29 is 4.79 Å². The Kier molecular flexibility index (Phi) is 3.52. The Morgan fingerprint density at radius 3 is 2.67 bits per heavy atom. The highest BCUT2D eigenvalue weighted by Crippen LogP contribution is 2.34. The molecule has 3 rings (SSSR count). The number of rotatable bonds is 3. The first kappa shape index (κ1) is 13.5. The molecule has 0 bridgehead atoms. The van der Waals surface area contributed by atoms with Crippen molar-refractivity contribution in [3.8, 4) is 0 Å². The molecular weight excluding hydrogens is 262 g/mol. The molecular formula is C17H19N3O. The second-order valence-electron chi connectivity index (χ2n) is 5.35. The molecule has 1 unspecified atom stereocenters. The van der Waals surface area contributed by atoms with Gasteiger partial charge in [0.05, 0.1) is 6.04 Å². The van der Waals surface area contributed by atoms with Crippen LogP contribution in [0.15, 0.2) is 42.5 Å². The van der Waals surface area contributed by atoms with E-state index in [0.717, 1.165) is 24.2 Å². The standard InChI is InChI=1S/C17H19N3O/c1-19-17(21)11-2-6-14(7-3-11)20-16-9-4-12-10-13(18)5-8-15(12)16/h2-3,5-8,10,16,20H,4,9,18H2,1H3,(H,19,21). The number of carbonyl (C=O) groups is 1. The van der Waals surface area contributed by atoms with Gasteiger partial charge in [0.15, 0.2) is 0 Å². The van der Waals surface area contributed by atoms with Gasteiger partial charge in [-0.2, -0.15) is 0 Å². The van der Waals surface area contributed by atoms with Crippen molar-refractivity contribution in [2.75, 3.05) is 18.1 Å². The highest BCUT2D eigenvalue weighted by molar-refractivity contribution is 5.94. The van der Waals surface area contributed by atoms with Gasteiger partial charge in [0, 0.05) is 24.0 Å². The van der Waals surface area contributed by atoms with Crippen LogP contribution in [0.4, 0.5) is 11.4 Å². The Balaban J connectivity index is 1.75. The number of fused-ring (bicyclic) bond motifs is 1. The Bertz CT molecular complexity index is 664. The number of benzene rings is 2. The summed E-state index contributed by atoms with van der Waals surface area (Å²) < 4.78 is 0. The van der Waals surface area contributed by atoms with Crippen LogP contribution in [0.2, 0.25) is 0 Å². The summed E-state index contributed by atoms with van der Waals surface area (Å²) in [4.78, 5) is 11.5. The van der Waals surface area contributed by atoms with E-state index < -0.39 is 0 Å². The summed E-state index contributed by atoms with van der Waals surface area (Å²) in [6.07, 6.45) is 2.12. The van der Waals surface area contributed by atoms with Gasteiger partial charge in [-0.1, -0.05) is 6.07 Å². The highest BCUT2D eigenvalue weighted by atomic mass is 16.1. The van der Waals surface area contributed by atoms with Crippen molar-refractivity contribution in [1.29, 1.82) is 0 Å². The topological polar surface area (TPSA) is 67.2 Å². The molecule has 21 heavy (non-hydrogen) atoms. The monoisotopic (exact) mass is 281 g/mol. The third kappa shape index (κ3) is 2.70. The van der Waals surface area contributed by atoms with Gasteiger partial charge in [-0.05, 0) is 60.4 Å². The van der Waals surface area contributed by atoms with Crippen LogP contribution in [0, 0.1) is 0 Å². The van der Waals surface area contributed by atoms with E-state index in [0.29, 0.717) is 11.6 Å². The third-order valence-electron chi connectivity index (χ3n) is 3.96. The molecule has 0 saturated heterocycles. The van der Waals surface area contributed by atoms with Crippen molar-refractivity contribution >= 4 is 17.3 Å². The fraction of sp³-hybridized carbons (Fsp3) is 0.235. The van der Waals surface area contributed by atoms with Gasteiger partial charge in [0.25, 0.3) is 5.91 Å². The average molecular weight is 281 g/mol. The smallest absolute Gasteiger partial charge is 0.251 e. The van der Waals surface area contributed by atoms with Crippen LogP contribution in [-0.2, 0) is 6.42 Å². The van der Waals surface area contributed by atoms with Crippen LogP contribution in [-0.4, -0.2) is 13.0 Å². The first-order valence-corrected chi connectivity index (χ1v) is 7.14. The maximum absolute atomic E-state index is 11.5. The predicted octanol–water partition coefficient (Wildman–Crippen LogP) is 2.73. The summed E-state index contributed by atoms with van der Waals surface area (Å²) in [5, 5.41) is 6.15. The molecule has 0 radical (unpaired) electrons. The minimum absolute atomic E-state index is 0.0664. The van der Waals surface area contributed by atoms with E-state index in [1.807, 2.05) is 30.3 Å². The molecule has 0 spiro atoms. The largest absolute Gasteiger partial charge is 0.399 e. The second kappa shape index (κ2) is 5.48. The van der Waals surface area contributed by atoms with Crippen molar-refractivity contribution in [2.24, 2.45) is 0 Å². The van der Waals surface area contributed by atoms with Gasteiger partial charge < -0.3 is 16.4 Å². The molecule has 0 fully saturated rings. The van der Waals surface area contributed by atoms with Crippen LogP contribution in [0.3, 0.4) is 0 Å². The molecule has 0 heterocycles. The molecule has 1 amide bonds. The van der Waals surface area contributed by atoms with Crippen molar-refractivity contribution in [2.45, 2.75) is 18.9 Å². The minimum atomic E-state index is -0.0664. The molecule has 0 saturated carbocycles. The van der Waals surface area contributed by atoms with E-state index in [9.17, 15) is 4.79 Å². The summed E-state index contributed by atoms with van der Waals surface area (Å²) in [7, 11) is 1.63. The normalized spacial score (nSPS) is 16.3. The Labute approximate surface area is 124 Å². The lowest BCUT2D eigenvalue weighted by Gasteiger charge is -2.16. The summed E-state index contributed by atoms with van der Waals surface area (Å²) in [5.74, 6) is -0.0664. The van der Waals surface area contributed by atoms with Crippen LogP contribution < -0.4 is 16.4 Å². The van der Waals surface area contributed by atoms with Crippen LogP contribution in [0.25, 0.3) is 0 Å². The fourth-order valence-corrected chi connectivity index (χ4v) is 2.85. The number of nitrogen functional groups attached to an aromatic ring is 1. The van der Waals surface area contributed by atoms with Gasteiger partial charge in [-0.15, -0.1) is 0 Å². The number of nitrogens with one attached hydrogen (secondary N) is 2. The van der Waals surface area contributed by atoms with E-state index >= 15 is 0 Å². The zero-order valence-electron chi connectivity index (χ0n) is 12.0. The Morgan fingerprint density at radius 1 is 1.19 bits per heavy atom. The number of hydrogen-bond acceptors (Lipinski definition) is 3.